The highest BCUT2D eigenvalue weighted by Crippen LogP contribution is 2.15. The van der Waals surface area contributed by atoms with Gasteiger partial charge in [-0.05, 0) is 24.1 Å². The van der Waals surface area contributed by atoms with E-state index in [0.29, 0.717) is 6.42 Å². The van der Waals surface area contributed by atoms with E-state index >= 15 is 0 Å². The van der Waals surface area contributed by atoms with Crippen LogP contribution in [0.5, 0.6) is 5.75 Å². The first-order valence-electron chi connectivity index (χ1n) is 8.75. The number of carbonyl (C=O) groups excluding carboxylic acids is 1. The van der Waals surface area contributed by atoms with Crippen LogP contribution in [0.15, 0.2) is 36.7 Å². The third-order valence-corrected chi connectivity index (χ3v) is 4.72. The molecule has 1 fully saturated rings. The van der Waals surface area contributed by atoms with Gasteiger partial charge in [-0.15, -0.1) is 0 Å². The van der Waals surface area contributed by atoms with E-state index in [1.807, 2.05) is 48.6 Å². The maximum atomic E-state index is 12.6. The second-order valence-electron chi connectivity index (χ2n) is 6.49. The first-order chi connectivity index (χ1) is 12.2. The van der Waals surface area contributed by atoms with Crippen LogP contribution in [0.2, 0.25) is 0 Å². The van der Waals surface area contributed by atoms with Gasteiger partial charge in [0, 0.05) is 45.6 Å². The lowest BCUT2D eigenvalue weighted by Gasteiger charge is -2.22. The minimum Gasteiger partial charge on any atom is -0.497 e. The number of hydrogen-bond acceptors (Lipinski definition) is 4. The number of rotatable bonds is 5. The van der Waals surface area contributed by atoms with Gasteiger partial charge in [-0.2, -0.15) is 0 Å². The standard InChI is InChI=1S/C19H26N4O2/c1-21-10-7-20-18(21)15-22-8-4-9-23(12-11-22)19(24)14-16-5-3-6-17(13-16)25-2/h3,5-7,10,13H,4,8-9,11-12,14-15H2,1-2H3. The van der Waals surface area contributed by atoms with E-state index < -0.39 is 0 Å². The van der Waals surface area contributed by atoms with Crippen LogP contribution < -0.4 is 4.74 Å². The maximum Gasteiger partial charge on any atom is 0.227 e. The van der Waals surface area contributed by atoms with Crippen molar-refractivity contribution in [3.05, 3.63) is 48.0 Å². The van der Waals surface area contributed by atoms with E-state index in [1.54, 1.807) is 7.11 Å². The van der Waals surface area contributed by atoms with E-state index in [0.717, 1.165) is 56.3 Å². The zero-order valence-electron chi connectivity index (χ0n) is 15.0. The lowest BCUT2D eigenvalue weighted by Crippen LogP contribution is -2.36. The molecule has 1 aliphatic rings. The molecule has 1 amide bonds. The van der Waals surface area contributed by atoms with E-state index in [9.17, 15) is 4.79 Å². The quantitative estimate of drug-likeness (QED) is 0.830. The third kappa shape index (κ3) is 4.60. The van der Waals surface area contributed by atoms with Gasteiger partial charge in [0.25, 0.3) is 0 Å². The second kappa shape index (κ2) is 8.16. The number of nitrogens with zero attached hydrogens (tertiary/aromatic N) is 4. The maximum absolute atomic E-state index is 12.6. The number of methoxy groups -OCH3 is 1. The normalized spacial score (nSPS) is 15.8. The Morgan fingerprint density at radius 1 is 1.24 bits per heavy atom. The van der Waals surface area contributed by atoms with Gasteiger partial charge in [-0.25, -0.2) is 4.98 Å². The minimum atomic E-state index is 0.187. The Labute approximate surface area is 149 Å². The molecule has 1 saturated heterocycles. The number of aryl methyl sites for hydroxylation is 1. The number of carbonyl (C=O) groups is 1. The molecule has 0 N–H and O–H groups in total. The molecule has 6 nitrogen and oxygen atoms in total. The monoisotopic (exact) mass is 342 g/mol. The molecule has 2 heterocycles. The fourth-order valence-electron chi connectivity index (χ4n) is 3.20. The Kier molecular flexibility index (Phi) is 5.71. The van der Waals surface area contributed by atoms with Crippen LogP contribution in [0.3, 0.4) is 0 Å². The van der Waals surface area contributed by atoms with Crippen LogP contribution in [0.1, 0.15) is 17.8 Å². The van der Waals surface area contributed by atoms with Gasteiger partial charge in [-0.1, -0.05) is 12.1 Å². The molecule has 0 unspecified atom stereocenters. The Balaban J connectivity index is 1.55. The zero-order valence-corrected chi connectivity index (χ0v) is 15.0. The van der Waals surface area contributed by atoms with Gasteiger partial charge in [0.05, 0.1) is 20.1 Å². The number of hydrogen-bond donors (Lipinski definition) is 0. The molecule has 1 aromatic carbocycles. The molecule has 134 valence electrons. The van der Waals surface area contributed by atoms with E-state index in [4.69, 9.17) is 4.74 Å². The molecule has 0 saturated carbocycles. The molecule has 0 spiro atoms. The van der Waals surface area contributed by atoms with E-state index in [-0.39, 0.29) is 5.91 Å². The van der Waals surface area contributed by atoms with Crippen molar-refractivity contribution in [1.82, 2.24) is 19.4 Å². The molecule has 3 rings (SSSR count). The van der Waals surface area contributed by atoms with Crippen LogP contribution >= 0.6 is 0 Å². The number of benzene rings is 1. The molecule has 1 aliphatic heterocycles. The highest BCUT2D eigenvalue weighted by molar-refractivity contribution is 5.79. The van der Waals surface area contributed by atoms with Crippen molar-refractivity contribution in [2.24, 2.45) is 7.05 Å². The minimum absolute atomic E-state index is 0.187. The Morgan fingerprint density at radius 2 is 2.12 bits per heavy atom. The molecular weight excluding hydrogens is 316 g/mol. The van der Waals surface area contributed by atoms with Crippen LogP contribution in [0.25, 0.3) is 0 Å². The average Bonchev–Trinajstić information content (AvgIpc) is 2.88. The fourth-order valence-corrected chi connectivity index (χ4v) is 3.20. The van der Waals surface area contributed by atoms with Crippen LogP contribution in [-0.2, 0) is 24.8 Å². The van der Waals surface area contributed by atoms with Gasteiger partial charge in [0.2, 0.25) is 5.91 Å². The molecule has 6 heteroatoms. The molecule has 0 bridgehead atoms. The van der Waals surface area contributed by atoms with Crippen molar-refractivity contribution < 1.29 is 9.53 Å². The van der Waals surface area contributed by atoms with Crippen LogP contribution in [0.4, 0.5) is 0 Å². The Morgan fingerprint density at radius 3 is 2.88 bits per heavy atom. The molecule has 2 aromatic rings. The SMILES string of the molecule is COc1cccc(CC(=O)N2CCCN(Cc3nccn3C)CC2)c1. The molecule has 0 atom stereocenters. The second-order valence-corrected chi connectivity index (χ2v) is 6.49. The third-order valence-electron chi connectivity index (χ3n) is 4.72. The molecule has 1 aromatic heterocycles. The summed E-state index contributed by atoms with van der Waals surface area (Å²) in [6, 6.07) is 7.74. The summed E-state index contributed by atoms with van der Waals surface area (Å²) >= 11 is 0. The summed E-state index contributed by atoms with van der Waals surface area (Å²) in [5.41, 5.74) is 0.999. The number of ether oxygens (including phenoxy) is 1. The van der Waals surface area contributed by atoms with Gasteiger partial charge in [0.1, 0.15) is 11.6 Å². The van der Waals surface area contributed by atoms with Crippen molar-refractivity contribution in [3.8, 4) is 5.75 Å². The smallest absolute Gasteiger partial charge is 0.227 e. The summed E-state index contributed by atoms with van der Waals surface area (Å²) in [5.74, 6) is 2.05. The van der Waals surface area contributed by atoms with Gasteiger partial charge in [-0.3, -0.25) is 9.69 Å². The Bertz CT molecular complexity index is 713. The van der Waals surface area contributed by atoms with Crippen LogP contribution in [0, 0.1) is 0 Å². The first-order valence-corrected chi connectivity index (χ1v) is 8.75. The zero-order chi connectivity index (χ0) is 17.6. The Hall–Kier alpha value is -2.34. The first kappa shape index (κ1) is 17.5. The van der Waals surface area contributed by atoms with Crippen molar-refractivity contribution in [2.45, 2.75) is 19.4 Å². The van der Waals surface area contributed by atoms with Crippen molar-refractivity contribution in [1.29, 1.82) is 0 Å². The highest BCUT2D eigenvalue weighted by Gasteiger charge is 2.20. The molecule has 0 radical (unpaired) electrons. The number of amides is 1. The lowest BCUT2D eigenvalue weighted by molar-refractivity contribution is -0.130. The fraction of sp³-hybridized carbons (Fsp3) is 0.474. The lowest BCUT2D eigenvalue weighted by atomic mass is 10.1. The van der Waals surface area contributed by atoms with Gasteiger partial charge < -0.3 is 14.2 Å². The predicted octanol–water partition coefficient (Wildman–Crippen LogP) is 1.71. The molecule has 0 aliphatic carbocycles. The van der Waals surface area contributed by atoms with Crippen molar-refractivity contribution in [3.63, 3.8) is 0 Å². The number of imidazole rings is 1. The summed E-state index contributed by atoms with van der Waals surface area (Å²) in [5, 5.41) is 0. The predicted molar refractivity (Wildman–Crippen MR) is 96.4 cm³/mol. The largest absolute Gasteiger partial charge is 0.497 e. The van der Waals surface area contributed by atoms with Crippen molar-refractivity contribution in [2.75, 3.05) is 33.3 Å². The van der Waals surface area contributed by atoms with E-state index in [2.05, 4.69) is 14.5 Å². The van der Waals surface area contributed by atoms with Gasteiger partial charge >= 0.3 is 0 Å². The summed E-state index contributed by atoms with van der Waals surface area (Å²) in [6.07, 6.45) is 5.22. The molecule has 25 heavy (non-hydrogen) atoms. The topological polar surface area (TPSA) is 50.6 Å². The molecular formula is C19H26N4O2. The van der Waals surface area contributed by atoms with Crippen LogP contribution in [-0.4, -0.2) is 58.5 Å². The van der Waals surface area contributed by atoms with E-state index in [1.165, 1.54) is 0 Å². The number of aromatic nitrogens is 2. The van der Waals surface area contributed by atoms with Crippen molar-refractivity contribution >= 4 is 5.91 Å². The summed E-state index contributed by atoms with van der Waals surface area (Å²) < 4.78 is 7.29. The summed E-state index contributed by atoms with van der Waals surface area (Å²) in [6.45, 7) is 4.31. The highest BCUT2D eigenvalue weighted by atomic mass is 16.5. The van der Waals surface area contributed by atoms with Gasteiger partial charge in [0.15, 0.2) is 0 Å². The summed E-state index contributed by atoms with van der Waals surface area (Å²) in [7, 11) is 3.66. The average molecular weight is 342 g/mol. The summed E-state index contributed by atoms with van der Waals surface area (Å²) in [4.78, 5) is 21.4.